The van der Waals surface area contributed by atoms with E-state index >= 15 is 0 Å². The summed E-state index contributed by atoms with van der Waals surface area (Å²) in [5, 5.41) is 13.5. The van der Waals surface area contributed by atoms with Crippen LogP contribution in [-0.2, 0) is 6.54 Å². The molecule has 1 heterocycles. The van der Waals surface area contributed by atoms with E-state index in [2.05, 4.69) is 10.3 Å². The number of nitrogens with two attached hydrogens (primary N) is 1. The van der Waals surface area contributed by atoms with E-state index in [1.54, 1.807) is 30.6 Å². The Balaban J connectivity index is 1.68. The summed E-state index contributed by atoms with van der Waals surface area (Å²) in [7, 11) is 0. The molecule has 4 aromatic rings. The number of aliphatic hydroxyl groups is 1. The third kappa shape index (κ3) is 5.19. The molecule has 0 bridgehead atoms. The lowest BCUT2D eigenvalue weighted by Gasteiger charge is -2.23. The molecule has 166 valence electrons. The summed E-state index contributed by atoms with van der Waals surface area (Å²) in [5.41, 5.74) is 10.3. The number of aromatic nitrogens is 1. The van der Waals surface area contributed by atoms with Gasteiger partial charge in [-0.2, -0.15) is 0 Å². The number of hydrogen-bond acceptors (Lipinski definition) is 5. The number of anilines is 1. The summed E-state index contributed by atoms with van der Waals surface area (Å²) in [6.07, 6.45) is 2.76. The standard InChI is InChI=1S/C27H25N3O3/c28-27(32)23-11-6-12-24(26(23)30-17-19-13-15-29-16-14-19)33-25(18-31)22-10-5-4-9-21(22)20-7-2-1-3-8-20/h1-16,25,30-31H,17-18H2,(H2,28,32). The Morgan fingerprint density at radius 2 is 1.67 bits per heavy atom. The minimum absolute atomic E-state index is 0.242. The van der Waals surface area contributed by atoms with Gasteiger partial charge in [0.2, 0.25) is 0 Å². The third-order valence-corrected chi connectivity index (χ3v) is 5.34. The zero-order valence-corrected chi connectivity index (χ0v) is 18.0. The summed E-state index contributed by atoms with van der Waals surface area (Å²) < 4.78 is 6.29. The van der Waals surface area contributed by atoms with E-state index in [-0.39, 0.29) is 6.61 Å². The molecule has 0 aliphatic rings. The van der Waals surface area contributed by atoms with E-state index in [1.807, 2.05) is 66.7 Å². The van der Waals surface area contributed by atoms with Crippen LogP contribution >= 0.6 is 0 Å². The minimum Gasteiger partial charge on any atom is -0.481 e. The van der Waals surface area contributed by atoms with Gasteiger partial charge in [0.15, 0.2) is 0 Å². The summed E-state index contributed by atoms with van der Waals surface area (Å²) in [4.78, 5) is 16.1. The lowest BCUT2D eigenvalue weighted by molar-refractivity contribution is 0.0998. The zero-order chi connectivity index (χ0) is 23.0. The van der Waals surface area contributed by atoms with Gasteiger partial charge in [-0.1, -0.05) is 60.7 Å². The second-order valence-corrected chi connectivity index (χ2v) is 7.49. The SMILES string of the molecule is NC(=O)c1cccc(OC(CO)c2ccccc2-c2ccccc2)c1NCc1ccncc1. The van der Waals surface area contributed by atoms with Gasteiger partial charge in [0.25, 0.3) is 5.91 Å². The summed E-state index contributed by atoms with van der Waals surface area (Å²) >= 11 is 0. The molecule has 33 heavy (non-hydrogen) atoms. The molecule has 6 nitrogen and oxygen atoms in total. The molecule has 0 saturated carbocycles. The number of pyridine rings is 1. The number of benzene rings is 3. The maximum absolute atomic E-state index is 12.1. The lowest BCUT2D eigenvalue weighted by Crippen LogP contribution is -2.18. The van der Waals surface area contributed by atoms with Crippen molar-refractivity contribution in [2.45, 2.75) is 12.6 Å². The first-order valence-electron chi connectivity index (χ1n) is 10.6. The molecular formula is C27H25N3O3. The Morgan fingerprint density at radius 3 is 2.39 bits per heavy atom. The highest BCUT2D eigenvalue weighted by atomic mass is 16.5. The molecular weight excluding hydrogens is 414 g/mol. The second-order valence-electron chi connectivity index (χ2n) is 7.49. The van der Waals surface area contributed by atoms with Crippen molar-refractivity contribution in [1.82, 2.24) is 4.98 Å². The van der Waals surface area contributed by atoms with Crippen LogP contribution in [0.15, 0.2) is 97.3 Å². The van der Waals surface area contributed by atoms with Gasteiger partial charge >= 0.3 is 0 Å². The molecule has 6 heteroatoms. The third-order valence-electron chi connectivity index (χ3n) is 5.34. The molecule has 4 rings (SSSR count). The molecule has 1 amide bonds. The number of carbonyl (C=O) groups excluding carboxylic acids is 1. The zero-order valence-electron chi connectivity index (χ0n) is 18.0. The number of aliphatic hydroxyl groups excluding tert-OH is 1. The van der Waals surface area contributed by atoms with Crippen molar-refractivity contribution in [2.24, 2.45) is 5.73 Å². The predicted octanol–water partition coefficient (Wildman–Crippen LogP) is 4.57. The molecule has 0 aliphatic carbocycles. The molecule has 1 aromatic heterocycles. The Kier molecular flexibility index (Phi) is 6.97. The highest BCUT2D eigenvalue weighted by molar-refractivity contribution is 5.99. The average Bonchev–Trinajstić information content (AvgIpc) is 2.87. The van der Waals surface area contributed by atoms with Crippen molar-refractivity contribution in [1.29, 1.82) is 0 Å². The van der Waals surface area contributed by atoms with Crippen LogP contribution < -0.4 is 15.8 Å². The van der Waals surface area contributed by atoms with E-state index in [9.17, 15) is 9.90 Å². The van der Waals surface area contributed by atoms with Crippen molar-refractivity contribution < 1.29 is 14.6 Å². The molecule has 0 fully saturated rings. The fourth-order valence-corrected chi connectivity index (χ4v) is 3.72. The Labute approximate surface area is 192 Å². The maximum atomic E-state index is 12.1. The normalized spacial score (nSPS) is 11.5. The van der Waals surface area contributed by atoms with Crippen LogP contribution in [0.2, 0.25) is 0 Å². The number of rotatable bonds is 9. The molecule has 0 radical (unpaired) electrons. The van der Waals surface area contributed by atoms with Crippen molar-refractivity contribution >= 4 is 11.6 Å². The van der Waals surface area contributed by atoms with Crippen LogP contribution in [-0.4, -0.2) is 22.6 Å². The molecule has 0 saturated heterocycles. The van der Waals surface area contributed by atoms with Gasteiger partial charge in [0.1, 0.15) is 11.9 Å². The summed E-state index contributed by atoms with van der Waals surface area (Å²) in [5.74, 6) is -0.134. The smallest absolute Gasteiger partial charge is 0.250 e. The number of nitrogens with one attached hydrogen (secondary N) is 1. The van der Waals surface area contributed by atoms with Crippen LogP contribution in [0.4, 0.5) is 5.69 Å². The number of para-hydroxylation sites is 1. The van der Waals surface area contributed by atoms with Crippen molar-refractivity contribution in [3.63, 3.8) is 0 Å². The van der Waals surface area contributed by atoms with Crippen LogP contribution in [0.25, 0.3) is 11.1 Å². The van der Waals surface area contributed by atoms with Crippen LogP contribution in [0, 0.1) is 0 Å². The fourth-order valence-electron chi connectivity index (χ4n) is 3.72. The number of ether oxygens (including phenoxy) is 1. The van der Waals surface area contributed by atoms with Gasteiger partial charge in [-0.05, 0) is 41.0 Å². The van der Waals surface area contributed by atoms with Crippen molar-refractivity contribution in [2.75, 3.05) is 11.9 Å². The number of hydrogen-bond donors (Lipinski definition) is 3. The van der Waals surface area contributed by atoms with Crippen LogP contribution in [0.3, 0.4) is 0 Å². The maximum Gasteiger partial charge on any atom is 0.250 e. The Morgan fingerprint density at radius 1 is 0.939 bits per heavy atom. The molecule has 3 aromatic carbocycles. The first-order chi connectivity index (χ1) is 16.2. The van der Waals surface area contributed by atoms with Gasteiger partial charge in [0.05, 0.1) is 17.9 Å². The van der Waals surface area contributed by atoms with Gasteiger partial charge in [-0.3, -0.25) is 9.78 Å². The molecule has 0 spiro atoms. The average molecular weight is 440 g/mol. The minimum atomic E-state index is -0.647. The fraction of sp³-hybridized carbons (Fsp3) is 0.111. The molecule has 4 N–H and O–H groups in total. The number of amides is 1. The topological polar surface area (TPSA) is 97.5 Å². The van der Waals surface area contributed by atoms with E-state index in [4.69, 9.17) is 10.5 Å². The Hall–Kier alpha value is -4.16. The van der Waals surface area contributed by atoms with Gasteiger partial charge in [-0.25, -0.2) is 0 Å². The second kappa shape index (κ2) is 10.4. The van der Waals surface area contributed by atoms with E-state index in [0.717, 1.165) is 22.3 Å². The summed E-state index contributed by atoms with van der Waals surface area (Å²) in [6.45, 7) is 0.210. The number of primary amides is 1. The first kappa shape index (κ1) is 22.0. The number of nitrogens with zero attached hydrogens (tertiary/aromatic N) is 1. The Bertz CT molecular complexity index is 1210. The van der Waals surface area contributed by atoms with Crippen molar-refractivity contribution in [3.05, 3.63) is 114 Å². The molecule has 1 atom stereocenters. The summed E-state index contributed by atoms with van der Waals surface area (Å²) in [6, 6.07) is 26.6. The predicted molar refractivity (Wildman–Crippen MR) is 129 cm³/mol. The van der Waals surface area contributed by atoms with E-state index < -0.39 is 12.0 Å². The lowest BCUT2D eigenvalue weighted by atomic mass is 9.96. The van der Waals surface area contributed by atoms with Gasteiger partial charge in [0, 0.05) is 24.5 Å². The van der Waals surface area contributed by atoms with Crippen LogP contribution in [0.5, 0.6) is 5.75 Å². The quantitative estimate of drug-likeness (QED) is 0.355. The first-order valence-corrected chi connectivity index (χ1v) is 10.6. The highest BCUT2D eigenvalue weighted by Gasteiger charge is 2.21. The van der Waals surface area contributed by atoms with Gasteiger partial charge in [-0.15, -0.1) is 0 Å². The van der Waals surface area contributed by atoms with E-state index in [0.29, 0.717) is 23.5 Å². The molecule has 0 aliphatic heterocycles. The number of carbonyl (C=O) groups is 1. The largest absolute Gasteiger partial charge is 0.481 e. The van der Waals surface area contributed by atoms with E-state index in [1.165, 1.54) is 0 Å². The van der Waals surface area contributed by atoms with Crippen LogP contribution in [0.1, 0.15) is 27.6 Å². The van der Waals surface area contributed by atoms with Gasteiger partial charge < -0.3 is 20.9 Å². The highest BCUT2D eigenvalue weighted by Crippen LogP contribution is 2.35. The monoisotopic (exact) mass is 439 g/mol. The van der Waals surface area contributed by atoms with Crippen molar-refractivity contribution in [3.8, 4) is 16.9 Å². The molecule has 1 unspecified atom stereocenters.